The van der Waals surface area contributed by atoms with E-state index in [2.05, 4.69) is 20.6 Å². The predicted molar refractivity (Wildman–Crippen MR) is 123 cm³/mol. The Morgan fingerprint density at radius 1 is 1.14 bits per heavy atom. The number of amides is 4. The fourth-order valence-electron chi connectivity index (χ4n) is 4.56. The van der Waals surface area contributed by atoms with E-state index in [9.17, 15) is 14.4 Å². The van der Waals surface area contributed by atoms with Gasteiger partial charge in [0.15, 0.2) is 11.1 Å². The van der Waals surface area contributed by atoms with Gasteiger partial charge in [0.2, 0.25) is 0 Å². The van der Waals surface area contributed by atoms with Crippen LogP contribution in [0.1, 0.15) is 21.7 Å². The van der Waals surface area contributed by atoms with Crippen LogP contribution < -0.4 is 15.4 Å². The average molecular weight is 469 g/mol. The summed E-state index contributed by atoms with van der Waals surface area (Å²) in [6.45, 7) is 0.180. The molecular weight excluding hydrogens is 450 g/mol. The molecule has 3 aromatic heterocycles. The number of methoxy groups -OCH3 is 1. The van der Waals surface area contributed by atoms with Gasteiger partial charge in [0.25, 0.3) is 11.8 Å². The van der Waals surface area contributed by atoms with Crippen LogP contribution in [0.5, 0.6) is 5.75 Å². The number of furan rings is 1. The van der Waals surface area contributed by atoms with E-state index >= 15 is 0 Å². The maximum Gasteiger partial charge on any atom is 0.322 e. The average Bonchev–Trinajstić information content (AvgIpc) is 3.53. The molecule has 0 saturated carbocycles. The number of nitrogens with zero attached hydrogens (tertiary/aromatic N) is 3. The number of carbonyl (C=O) groups excluding carboxylic acids is 3. The highest BCUT2D eigenvalue weighted by Crippen LogP contribution is 2.35. The van der Waals surface area contributed by atoms with Crippen molar-refractivity contribution < 1.29 is 23.5 Å². The number of hydrogen-bond acceptors (Lipinski definition) is 7. The summed E-state index contributed by atoms with van der Waals surface area (Å²) in [7, 11) is 1.53. The Morgan fingerprint density at radius 2 is 2.03 bits per heavy atom. The first kappa shape index (κ1) is 20.8. The molecule has 1 aromatic carbocycles. The van der Waals surface area contributed by atoms with Crippen molar-refractivity contribution in [3.05, 3.63) is 77.9 Å². The summed E-state index contributed by atoms with van der Waals surface area (Å²) in [6, 6.07) is 11.8. The highest BCUT2D eigenvalue weighted by atomic mass is 16.5. The van der Waals surface area contributed by atoms with Gasteiger partial charge in [-0.2, -0.15) is 0 Å². The fraction of sp³-hybridized carbons (Fsp3) is 0.160. The lowest BCUT2D eigenvalue weighted by molar-refractivity contribution is -0.125. The van der Waals surface area contributed by atoms with Gasteiger partial charge in [0, 0.05) is 35.5 Å². The van der Waals surface area contributed by atoms with E-state index in [4.69, 9.17) is 9.15 Å². The summed E-state index contributed by atoms with van der Waals surface area (Å²) >= 11 is 0. The number of nitrogens with one attached hydrogen (secondary N) is 2. The molecule has 0 aliphatic carbocycles. The molecule has 5 heterocycles. The Hall–Kier alpha value is -4.73. The summed E-state index contributed by atoms with van der Waals surface area (Å²) in [5, 5.41) is 5.68. The van der Waals surface area contributed by atoms with Gasteiger partial charge in [0.1, 0.15) is 11.5 Å². The molecular formula is C25H19N5O5. The molecule has 1 unspecified atom stereocenters. The highest BCUT2D eigenvalue weighted by Gasteiger charge is 2.53. The summed E-state index contributed by atoms with van der Waals surface area (Å²) in [6.07, 6.45) is 4.94. The number of carbonyl (C=O) groups is 3. The van der Waals surface area contributed by atoms with Gasteiger partial charge < -0.3 is 19.4 Å². The Bertz CT molecular complexity index is 1520. The number of ether oxygens (including phenoxy) is 1. The Kier molecular flexibility index (Phi) is 4.56. The second-order valence-corrected chi connectivity index (χ2v) is 8.46. The van der Waals surface area contributed by atoms with Gasteiger partial charge in [-0.05, 0) is 42.0 Å². The van der Waals surface area contributed by atoms with Crippen LogP contribution >= 0.6 is 0 Å². The fourth-order valence-corrected chi connectivity index (χ4v) is 4.56. The van der Waals surface area contributed by atoms with Gasteiger partial charge in [-0.25, -0.2) is 4.79 Å². The third-order valence-corrected chi connectivity index (χ3v) is 6.35. The number of benzene rings is 1. The van der Waals surface area contributed by atoms with E-state index in [1.54, 1.807) is 36.8 Å². The monoisotopic (exact) mass is 469 g/mol. The maximum atomic E-state index is 13.2. The van der Waals surface area contributed by atoms with E-state index < -0.39 is 17.5 Å². The number of pyridine rings is 2. The number of hydrogen-bond donors (Lipinski definition) is 2. The Labute approximate surface area is 198 Å². The number of urea groups is 1. The van der Waals surface area contributed by atoms with E-state index in [1.165, 1.54) is 12.0 Å². The van der Waals surface area contributed by atoms with Crippen LogP contribution in [0, 0.1) is 0 Å². The minimum absolute atomic E-state index is 0.108. The largest absolute Gasteiger partial charge is 0.497 e. The maximum absolute atomic E-state index is 13.2. The van der Waals surface area contributed by atoms with Crippen LogP contribution in [0.25, 0.3) is 22.2 Å². The lowest BCUT2D eigenvalue weighted by atomic mass is 9.95. The first-order chi connectivity index (χ1) is 17.0. The minimum atomic E-state index is -1.59. The zero-order chi connectivity index (χ0) is 24.2. The third kappa shape index (κ3) is 3.30. The molecule has 1 fully saturated rings. The first-order valence-electron chi connectivity index (χ1n) is 10.9. The molecule has 0 spiro atoms. The van der Waals surface area contributed by atoms with Crippen LogP contribution in [0.4, 0.5) is 4.79 Å². The number of imide groups is 1. The molecule has 10 nitrogen and oxygen atoms in total. The minimum Gasteiger partial charge on any atom is -0.497 e. The van der Waals surface area contributed by atoms with Crippen molar-refractivity contribution in [1.82, 2.24) is 25.5 Å². The van der Waals surface area contributed by atoms with Crippen LogP contribution in [0.2, 0.25) is 0 Å². The molecule has 2 aliphatic heterocycles. The van der Waals surface area contributed by atoms with Crippen LogP contribution in [0.3, 0.4) is 0 Å². The zero-order valence-electron chi connectivity index (χ0n) is 18.6. The first-order valence-corrected chi connectivity index (χ1v) is 10.9. The highest BCUT2D eigenvalue weighted by molar-refractivity contribution is 6.08. The quantitative estimate of drug-likeness (QED) is 0.430. The molecule has 2 N–H and O–H groups in total. The summed E-state index contributed by atoms with van der Waals surface area (Å²) < 4.78 is 11.2. The van der Waals surface area contributed by atoms with Crippen molar-refractivity contribution in [3.63, 3.8) is 0 Å². The number of rotatable bonds is 5. The van der Waals surface area contributed by atoms with Crippen LogP contribution in [-0.4, -0.2) is 46.4 Å². The summed E-state index contributed by atoms with van der Waals surface area (Å²) in [4.78, 5) is 48.6. The molecule has 10 heteroatoms. The van der Waals surface area contributed by atoms with Crippen molar-refractivity contribution in [2.45, 2.75) is 12.1 Å². The SMILES string of the molecule is COc1ccc2c(c1)C(=O)N(CC1(c3cc4cc(-c5cccnc5)ncc4o3)NC(=O)NC1=O)C2. The van der Waals surface area contributed by atoms with Crippen molar-refractivity contribution in [2.24, 2.45) is 0 Å². The molecule has 2 aliphatic rings. The normalized spacial score (nSPS) is 19.1. The number of fused-ring (bicyclic) bond motifs is 2. The van der Waals surface area contributed by atoms with Crippen LogP contribution in [0.15, 0.2) is 65.5 Å². The zero-order valence-corrected chi connectivity index (χ0v) is 18.6. The van der Waals surface area contributed by atoms with Gasteiger partial charge in [-0.3, -0.25) is 24.9 Å². The van der Waals surface area contributed by atoms with E-state index in [0.717, 1.165) is 11.1 Å². The van der Waals surface area contributed by atoms with Crippen molar-refractivity contribution in [3.8, 4) is 17.0 Å². The van der Waals surface area contributed by atoms with Crippen molar-refractivity contribution in [2.75, 3.05) is 13.7 Å². The van der Waals surface area contributed by atoms with E-state index in [1.807, 2.05) is 24.3 Å². The lowest BCUT2D eigenvalue weighted by Crippen LogP contribution is -2.52. The van der Waals surface area contributed by atoms with Gasteiger partial charge in [-0.15, -0.1) is 0 Å². The van der Waals surface area contributed by atoms with Gasteiger partial charge >= 0.3 is 6.03 Å². The molecule has 1 saturated heterocycles. The topological polar surface area (TPSA) is 127 Å². The third-order valence-electron chi connectivity index (χ3n) is 6.35. The molecule has 4 aromatic rings. The van der Waals surface area contributed by atoms with Crippen molar-refractivity contribution >= 4 is 28.8 Å². The van der Waals surface area contributed by atoms with Crippen molar-refractivity contribution in [1.29, 1.82) is 0 Å². The molecule has 0 bridgehead atoms. The Morgan fingerprint density at radius 3 is 2.77 bits per heavy atom. The van der Waals surface area contributed by atoms with E-state index in [0.29, 0.717) is 28.0 Å². The summed E-state index contributed by atoms with van der Waals surface area (Å²) in [5.41, 5.74) is 1.68. The second-order valence-electron chi connectivity index (χ2n) is 8.46. The van der Waals surface area contributed by atoms with Gasteiger partial charge in [-0.1, -0.05) is 6.07 Å². The second kappa shape index (κ2) is 7.66. The molecule has 1 atom stereocenters. The molecule has 6 rings (SSSR count). The summed E-state index contributed by atoms with van der Waals surface area (Å²) in [5.74, 6) is -0.0793. The standard InChI is InChI=1S/C25H19N5O5/c1-34-17-5-4-15-12-30(22(31)18(15)9-17)13-25(23(32)28-24(33)29-25)21-8-16-7-19(27-11-20(16)35-21)14-3-2-6-26-10-14/h2-11H,12-13H2,1H3,(H2,28,29,32,33). The smallest absolute Gasteiger partial charge is 0.322 e. The van der Waals surface area contributed by atoms with Gasteiger partial charge in [0.05, 0.1) is 25.5 Å². The lowest BCUT2D eigenvalue weighted by Gasteiger charge is -2.29. The number of aromatic nitrogens is 2. The Balaban J connectivity index is 1.38. The predicted octanol–water partition coefficient (Wildman–Crippen LogP) is 2.59. The molecule has 174 valence electrons. The molecule has 0 radical (unpaired) electrons. The molecule has 35 heavy (non-hydrogen) atoms. The van der Waals surface area contributed by atoms with Crippen LogP contribution in [-0.2, 0) is 16.9 Å². The van der Waals surface area contributed by atoms with E-state index in [-0.39, 0.29) is 24.8 Å². The molecule has 4 amide bonds.